The van der Waals surface area contributed by atoms with Crippen molar-refractivity contribution in [3.05, 3.63) is 79.0 Å². The fourth-order valence-corrected chi connectivity index (χ4v) is 7.96. The highest BCUT2D eigenvalue weighted by molar-refractivity contribution is 14.1. The SMILES string of the molecule is CC1(C)[C@]2(c3cccc(I)c3)[C@H]3CC=C[C@H]3[C@]12c1cccc(I)c1. The number of rotatable bonds is 2. The summed E-state index contributed by atoms with van der Waals surface area (Å²) in [6.07, 6.45) is 6.19. The number of hydrogen-bond donors (Lipinski definition) is 0. The van der Waals surface area contributed by atoms with Crippen LogP contribution >= 0.6 is 45.2 Å². The van der Waals surface area contributed by atoms with Gasteiger partial charge in [0.05, 0.1) is 0 Å². The fourth-order valence-electron chi connectivity index (χ4n) is 6.88. The molecule has 24 heavy (non-hydrogen) atoms. The van der Waals surface area contributed by atoms with Crippen molar-refractivity contribution >= 4 is 45.2 Å². The Kier molecular flexibility index (Phi) is 3.22. The van der Waals surface area contributed by atoms with Crippen molar-refractivity contribution in [2.45, 2.75) is 31.1 Å². The van der Waals surface area contributed by atoms with E-state index in [1.807, 2.05) is 0 Å². The smallest absolute Gasteiger partial charge is 0.0184 e. The molecule has 5 rings (SSSR count). The molecule has 0 unspecified atom stereocenters. The summed E-state index contributed by atoms with van der Waals surface area (Å²) in [4.78, 5) is 0. The lowest BCUT2D eigenvalue weighted by Gasteiger charge is -2.48. The zero-order chi connectivity index (χ0) is 16.7. The van der Waals surface area contributed by atoms with Crippen LogP contribution in [-0.4, -0.2) is 0 Å². The van der Waals surface area contributed by atoms with Gasteiger partial charge in [-0.3, -0.25) is 0 Å². The molecule has 0 heterocycles. The predicted molar refractivity (Wildman–Crippen MR) is 116 cm³/mol. The molecule has 2 aromatic rings. The Morgan fingerprint density at radius 2 is 1.46 bits per heavy atom. The minimum atomic E-state index is 0.267. The maximum atomic E-state index is 2.52. The van der Waals surface area contributed by atoms with E-state index in [0.29, 0.717) is 16.7 Å². The van der Waals surface area contributed by atoms with E-state index in [9.17, 15) is 0 Å². The largest absolute Gasteiger partial charge is 0.0879 e. The summed E-state index contributed by atoms with van der Waals surface area (Å²) in [5.74, 6) is 1.46. The molecule has 0 aromatic heterocycles. The van der Waals surface area contributed by atoms with Crippen molar-refractivity contribution < 1.29 is 0 Å². The molecule has 2 aromatic carbocycles. The van der Waals surface area contributed by atoms with E-state index < -0.39 is 0 Å². The predicted octanol–water partition coefficient (Wildman–Crippen LogP) is 6.32. The Balaban J connectivity index is 1.78. The first-order valence-electron chi connectivity index (χ1n) is 8.66. The highest BCUT2D eigenvalue weighted by Gasteiger charge is 2.95. The van der Waals surface area contributed by atoms with Crippen LogP contribution in [0.15, 0.2) is 60.7 Å². The van der Waals surface area contributed by atoms with Crippen molar-refractivity contribution in [1.82, 2.24) is 0 Å². The first kappa shape index (κ1) is 15.9. The van der Waals surface area contributed by atoms with E-state index in [2.05, 4.69) is 120 Å². The second-order valence-electron chi connectivity index (χ2n) is 8.06. The van der Waals surface area contributed by atoms with Crippen LogP contribution in [0.2, 0.25) is 0 Å². The minimum absolute atomic E-state index is 0.267. The molecule has 2 fully saturated rings. The Morgan fingerprint density at radius 3 is 2.04 bits per heavy atom. The van der Waals surface area contributed by atoms with Gasteiger partial charge in [-0.2, -0.15) is 0 Å². The van der Waals surface area contributed by atoms with Crippen LogP contribution in [0.5, 0.6) is 0 Å². The molecule has 0 aliphatic heterocycles. The van der Waals surface area contributed by atoms with Gasteiger partial charge in [0, 0.05) is 18.0 Å². The fraction of sp³-hybridized carbons (Fsp3) is 0.364. The van der Waals surface area contributed by atoms with Gasteiger partial charge in [0.15, 0.2) is 0 Å². The minimum Gasteiger partial charge on any atom is -0.0879 e. The Labute approximate surface area is 171 Å². The molecule has 3 aliphatic rings. The van der Waals surface area contributed by atoms with Crippen LogP contribution in [0.3, 0.4) is 0 Å². The number of hydrogen-bond acceptors (Lipinski definition) is 0. The van der Waals surface area contributed by atoms with Crippen LogP contribution in [0.4, 0.5) is 0 Å². The van der Waals surface area contributed by atoms with Gasteiger partial charge in [0.25, 0.3) is 0 Å². The van der Waals surface area contributed by atoms with Gasteiger partial charge in [-0.15, -0.1) is 0 Å². The molecule has 0 nitrogen and oxygen atoms in total. The molecule has 4 atom stereocenters. The van der Waals surface area contributed by atoms with E-state index >= 15 is 0 Å². The van der Waals surface area contributed by atoms with Crippen LogP contribution in [-0.2, 0) is 10.8 Å². The van der Waals surface area contributed by atoms with E-state index in [1.165, 1.54) is 13.6 Å². The highest BCUT2D eigenvalue weighted by atomic mass is 127. The van der Waals surface area contributed by atoms with E-state index in [4.69, 9.17) is 0 Å². The number of allylic oxidation sites excluding steroid dienone is 2. The topological polar surface area (TPSA) is 0 Å². The molecule has 2 heteroatoms. The Hall–Kier alpha value is -0.360. The van der Waals surface area contributed by atoms with Crippen LogP contribution in [0, 0.1) is 24.4 Å². The summed E-state index contributed by atoms with van der Waals surface area (Å²) in [5.41, 5.74) is 3.96. The third-order valence-corrected chi connectivity index (χ3v) is 8.66. The summed E-state index contributed by atoms with van der Waals surface area (Å²) in [5, 5.41) is 0. The van der Waals surface area contributed by atoms with E-state index in [-0.39, 0.29) is 5.41 Å². The van der Waals surface area contributed by atoms with Gasteiger partial charge >= 0.3 is 0 Å². The number of halogens is 2. The van der Waals surface area contributed by atoms with Crippen molar-refractivity contribution in [1.29, 1.82) is 0 Å². The zero-order valence-electron chi connectivity index (χ0n) is 13.9. The molecule has 0 radical (unpaired) electrons. The number of fused-ring (bicyclic) bond motifs is 4. The van der Waals surface area contributed by atoms with Crippen LogP contribution in [0.25, 0.3) is 0 Å². The molecule has 3 aliphatic carbocycles. The molecule has 0 amide bonds. The third-order valence-electron chi connectivity index (χ3n) is 7.31. The van der Waals surface area contributed by atoms with Gasteiger partial charge in [-0.25, -0.2) is 0 Å². The normalized spacial score (nSPS) is 37.5. The Morgan fingerprint density at radius 1 is 0.875 bits per heavy atom. The number of benzene rings is 2. The first-order valence-corrected chi connectivity index (χ1v) is 10.8. The quantitative estimate of drug-likeness (QED) is 0.311. The molecular weight excluding hydrogens is 518 g/mol. The molecule has 122 valence electrons. The van der Waals surface area contributed by atoms with Crippen LogP contribution in [0.1, 0.15) is 31.4 Å². The summed E-state index contributed by atoms with van der Waals surface area (Å²) in [6.45, 7) is 5.03. The monoisotopic (exact) mass is 538 g/mol. The second kappa shape index (κ2) is 4.87. The van der Waals surface area contributed by atoms with Gasteiger partial charge < -0.3 is 0 Å². The summed E-state index contributed by atoms with van der Waals surface area (Å²) >= 11 is 4.93. The molecule has 0 saturated heterocycles. The van der Waals surface area contributed by atoms with Crippen molar-refractivity contribution in [3.8, 4) is 0 Å². The lowest BCUT2D eigenvalue weighted by atomic mass is 9.54. The molecular formula is C22H20I2. The van der Waals surface area contributed by atoms with Crippen molar-refractivity contribution in [2.75, 3.05) is 0 Å². The van der Waals surface area contributed by atoms with E-state index in [1.54, 1.807) is 11.1 Å². The standard InChI is InChI=1S/C22H20I2/c1-20(2)21(14-6-3-8-16(23)12-14)18-10-5-11-19(18)22(20,21)15-7-4-9-17(24)13-15/h3-10,12-13,18-19H,11H2,1-2H3/t18-,19+,21-,22+/m1/s1. The molecule has 0 N–H and O–H groups in total. The highest BCUT2D eigenvalue weighted by Crippen LogP contribution is 2.94. The maximum absolute atomic E-state index is 2.52. The molecule has 2 saturated carbocycles. The van der Waals surface area contributed by atoms with E-state index in [0.717, 1.165) is 5.92 Å². The van der Waals surface area contributed by atoms with Crippen LogP contribution < -0.4 is 0 Å². The average molecular weight is 538 g/mol. The van der Waals surface area contributed by atoms with Gasteiger partial charge in [0.1, 0.15) is 0 Å². The lowest BCUT2D eigenvalue weighted by Crippen LogP contribution is -2.49. The average Bonchev–Trinajstić information content (AvgIpc) is 2.77. The third kappa shape index (κ3) is 1.49. The molecule has 0 spiro atoms. The molecule has 0 bridgehead atoms. The summed E-state index contributed by atoms with van der Waals surface area (Å²) < 4.78 is 2.71. The zero-order valence-corrected chi connectivity index (χ0v) is 18.2. The first-order chi connectivity index (χ1) is 11.5. The second-order valence-corrected chi connectivity index (χ2v) is 10.5. The summed E-state index contributed by atoms with van der Waals surface area (Å²) in [7, 11) is 0. The maximum Gasteiger partial charge on any atom is 0.0184 e. The van der Waals surface area contributed by atoms with Gasteiger partial charge in [0.2, 0.25) is 0 Å². The Bertz CT molecular complexity index is 881. The van der Waals surface area contributed by atoms with Crippen molar-refractivity contribution in [2.24, 2.45) is 17.3 Å². The van der Waals surface area contributed by atoms with Gasteiger partial charge in [-0.1, -0.05) is 50.3 Å². The lowest BCUT2D eigenvalue weighted by molar-refractivity contribution is 0.145. The van der Waals surface area contributed by atoms with Gasteiger partial charge in [-0.05, 0) is 104 Å². The van der Waals surface area contributed by atoms with Crippen molar-refractivity contribution in [3.63, 3.8) is 0 Å². The summed E-state index contributed by atoms with van der Waals surface area (Å²) in [6, 6.07) is 18.5.